The van der Waals surface area contributed by atoms with E-state index < -0.39 is 0 Å². The van der Waals surface area contributed by atoms with Gasteiger partial charge in [-0.2, -0.15) is 0 Å². The van der Waals surface area contributed by atoms with Crippen molar-refractivity contribution in [3.05, 3.63) is 51.3 Å². The van der Waals surface area contributed by atoms with Gasteiger partial charge >= 0.3 is 0 Å². The molecule has 2 aromatic rings. The molecule has 114 valence electrons. The first-order chi connectivity index (χ1) is 10.2. The highest BCUT2D eigenvalue weighted by atomic mass is 79.9. The van der Waals surface area contributed by atoms with Crippen molar-refractivity contribution >= 4 is 27.5 Å². The van der Waals surface area contributed by atoms with Gasteiger partial charge in [-0.15, -0.1) is 0 Å². The third-order valence-corrected chi connectivity index (χ3v) is 3.76. The van der Waals surface area contributed by atoms with E-state index in [1.807, 2.05) is 25.1 Å². The van der Waals surface area contributed by atoms with Crippen LogP contribution in [0.4, 0.5) is 0 Å². The average Bonchev–Trinajstić information content (AvgIpc) is 2.89. The molecule has 0 spiro atoms. The van der Waals surface area contributed by atoms with Crippen molar-refractivity contribution in [2.24, 2.45) is 0 Å². The van der Waals surface area contributed by atoms with Crippen LogP contribution >= 0.6 is 27.5 Å². The Labute approximate surface area is 138 Å². The average molecular weight is 373 g/mol. The van der Waals surface area contributed by atoms with E-state index in [0.29, 0.717) is 11.8 Å². The van der Waals surface area contributed by atoms with Crippen LogP contribution in [0.25, 0.3) is 0 Å². The standard InChI is InChI=1S/C16H19BrClNO2/c1-3-9-19-16(14-7-8-15(18)21-14)12-10-11(17)5-6-13(12)20-4-2/h5-8,10,16,19H,3-4,9H2,1-2H3. The van der Waals surface area contributed by atoms with Gasteiger partial charge in [0.25, 0.3) is 0 Å². The van der Waals surface area contributed by atoms with Crippen molar-refractivity contribution in [3.63, 3.8) is 0 Å². The Kier molecular flexibility index (Phi) is 6.15. The maximum absolute atomic E-state index is 5.92. The molecule has 0 bridgehead atoms. The summed E-state index contributed by atoms with van der Waals surface area (Å²) < 4.78 is 12.3. The fourth-order valence-electron chi connectivity index (χ4n) is 2.17. The summed E-state index contributed by atoms with van der Waals surface area (Å²) >= 11 is 9.44. The molecule has 21 heavy (non-hydrogen) atoms. The summed E-state index contributed by atoms with van der Waals surface area (Å²) in [6, 6.07) is 9.56. The van der Waals surface area contributed by atoms with Crippen LogP contribution in [0.15, 0.2) is 39.2 Å². The highest BCUT2D eigenvalue weighted by molar-refractivity contribution is 9.10. The minimum absolute atomic E-state index is 0.0866. The van der Waals surface area contributed by atoms with Crippen molar-refractivity contribution in [3.8, 4) is 5.75 Å². The zero-order chi connectivity index (χ0) is 15.2. The normalized spacial score (nSPS) is 12.4. The number of halogens is 2. The minimum atomic E-state index is -0.0866. The molecule has 0 saturated heterocycles. The van der Waals surface area contributed by atoms with Crippen LogP contribution in [-0.4, -0.2) is 13.2 Å². The van der Waals surface area contributed by atoms with Crippen LogP contribution in [0, 0.1) is 0 Å². The first-order valence-corrected chi connectivity index (χ1v) is 8.23. The van der Waals surface area contributed by atoms with Crippen molar-refractivity contribution < 1.29 is 9.15 Å². The third kappa shape index (κ3) is 4.25. The molecule has 0 fully saturated rings. The second-order valence-electron chi connectivity index (χ2n) is 4.64. The van der Waals surface area contributed by atoms with Gasteiger partial charge in [0, 0.05) is 10.0 Å². The van der Waals surface area contributed by atoms with E-state index in [-0.39, 0.29) is 6.04 Å². The van der Waals surface area contributed by atoms with Crippen LogP contribution < -0.4 is 10.1 Å². The number of rotatable bonds is 7. The molecule has 0 aliphatic carbocycles. The molecule has 2 rings (SSSR count). The number of nitrogens with one attached hydrogen (secondary N) is 1. The Balaban J connectivity index is 2.42. The van der Waals surface area contributed by atoms with Crippen LogP contribution in [-0.2, 0) is 0 Å². The van der Waals surface area contributed by atoms with Gasteiger partial charge in [0.15, 0.2) is 5.22 Å². The maximum Gasteiger partial charge on any atom is 0.193 e. The molecule has 1 atom stereocenters. The first-order valence-electron chi connectivity index (χ1n) is 7.06. The molecular formula is C16H19BrClNO2. The molecule has 0 amide bonds. The fourth-order valence-corrected chi connectivity index (χ4v) is 2.70. The second kappa shape index (κ2) is 7.87. The van der Waals surface area contributed by atoms with Crippen LogP contribution in [0.2, 0.25) is 5.22 Å². The Hall–Kier alpha value is -0.970. The lowest BCUT2D eigenvalue weighted by molar-refractivity contribution is 0.330. The molecule has 0 saturated carbocycles. The molecule has 1 heterocycles. The monoisotopic (exact) mass is 371 g/mol. The van der Waals surface area contributed by atoms with Crippen LogP contribution in [0.5, 0.6) is 5.75 Å². The summed E-state index contributed by atoms with van der Waals surface area (Å²) in [5, 5.41) is 3.88. The highest BCUT2D eigenvalue weighted by Crippen LogP contribution is 2.34. The zero-order valence-corrected chi connectivity index (χ0v) is 14.5. The summed E-state index contributed by atoms with van der Waals surface area (Å²) in [7, 11) is 0. The molecular weight excluding hydrogens is 354 g/mol. The van der Waals surface area contributed by atoms with Crippen LogP contribution in [0.1, 0.15) is 37.6 Å². The minimum Gasteiger partial charge on any atom is -0.494 e. The number of furan rings is 1. The van der Waals surface area contributed by atoms with E-state index in [1.54, 1.807) is 6.07 Å². The number of hydrogen-bond donors (Lipinski definition) is 1. The van der Waals surface area contributed by atoms with Gasteiger partial charge in [0.2, 0.25) is 0 Å². The SMILES string of the molecule is CCCNC(c1ccc(Cl)o1)c1cc(Br)ccc1OCC. The fraction of sp³-hybridized carbons (Fsp3) is 0.375. The van der Waals surface area contributed by atoms with E-state index in [9.17, 15) is 0 Å². The third-order valence-electron chi connectivity index (χ3n) is 3.06. The predicted octanol–water partition coefficient (Wildman–Crippen LogP) is 5.18. The van der Waals surface area contributed by atoms with Crippen molar-refractivity contribution in [1.29, 1.82) is 0 Å². The molecule has 1 unspecified atom stereocenters. The summed E-state index contributed by atoms with van der Waals surface area (Å²) in [6.07, 6.45) is 1.03. The predicted molar refractivity (Wildman–Crippen MR) is 89.2 cm³/mol. The largest absolute Gasteiger partial charge is 0.494 e. The van der Waals surface area contributed by atoms with Gasteiger partial charge in [0.05, 0.1) is 12.6 Å². The van der Waals surface area contributed by atoms with Crippen molar-refractivity contribution in [2.75, 3.05) is 13.2 Å². The number of ether oxygens (including phenoxy) is 1. The van der Waals surface area contributed by atoms with Gasteiger partial charge in [-0.25, -0.2) is 0 Å². The first kappa shape index (κ1) is 16.4. The quantitative estimate of drug-likeness (QED) is 0.727. The van der Waals surface area contributed by atoms with Gasteiger partial charge in [-0.1, -0.05) is 22.9 Å². The Morgan fingerprint density at radius 2 is 2.10 bits per heavy atom. The smallest absolute Gasteiger partial charge is 0.193 e. The lowest BCUT2D eigenvalue weighted by atomic mass is 10.0. The van der Waals surface area contributed by atoms with Crippen LogP contribution in [0.3, 0.4) is 0 Å². The lowest BCUT2D eigenvalue weighted by Gasteiger charge is -2.20. The number of hydrogen-bond acceptors (Lipinski definition) is 3. The number of benzene rings is 1. The van der Waals surface area contributed by atoms with Gasteiger partial charge in [0.1, 0.15) is 11.5 Å². The van der Waals surface area contributed by atoms with Gasteiger partial charge < -0.3 is 14.5 Å². The topological polar surface area (TPSA) is 34.4 Å². The molecule has 1 aromatic heterocycles. The Morgan fingerprint density at radius 1 is 1.29 bits per heavy atom. The van der Waals surface area contributed by atoms with Crippen molar-refractivity contribution in [1.82, 2.24) is 5.32 Å². The second-order valence-corrected chi connectivity index (χ2v) is 5.93. The van der Waals surface area contributed by atoms with Gasteiger partial charge in [-0.3, -0.25) is 0 Å². The molecule has 0 aliphatic rings. The summed E-state index contributed by atoms with van der Waals surface area (Å²) in [5.74, 6) is 1.63. The lowest BCUT2D eigenvalue weighted by Crippen LogP contribution is -2.23. The zero-order valence-electron chi connectivity index (χ0n) is 12.2. The van der Waals surface area contributed by atoms with E-state index >= 15 is 0 Å². The molecule has 1 N–H and O–H groups in total. The maximum atomic E-state index is 5.92. The van der Waals surface area contributed by atoms with E-state index in [2.05, 4.69) is 34.2 Å². The molecule has 0 aliphatic heterocycles. The van der Waals surface area contributed by atoms with E-state index in [1.165, 1.54) is 0 Å². The Morgan fingerprint density at radius 3 is 2.71 bits per heavy atom. The summed E-state index contributed by atoms with van der Waals surface area (Å²) in [5.41, 5.74) is 1.03. The summed E-state index contributed by atoms with van der Waals surface area (Å²) in [4.78, 5) is 0. The van der Waals surface area contributed by atoms with Crippen molar-refractivity contribution in [2.45, 2.75) is 26.3 Å². The summed E-state index contributed by atoms with van der Waals surface area (Å²) in [6.45, 7) is 5.60. The molecule has 3 nitrogen and oxygen atoms in total. The highest BCUT2D eigenvalue weighted by Gasteiger charge is 2.21. The van der Waals surface area contributed by atoms with E-state index in [0.717, 1.165) is 34.5 Å². The molecule has 5 heteroatoms. The van der Waals surface area contributed by atoms with Gasteiger partial charge in [-0.05, 0) is 61.8 Å². The molecule has 1 aromatic carbocycles. The van der Waals surface area contributed by atoms with E-state index in [4.69, 9.17) is 20.8 Å². The Bertz CT molecular complexity index is 585. The molecule has 0 radical (unpaired) electrons.